The molecule has 248 valence electrons. The fourth-order valence-corrected chi connectivity index (χ4v) is 12.7. The molecule has 13 atom stereocenters. The van der Waals surface area contributed by atoms with Crippen molar-refractivity contribution in [2.45, 2.75) is 75.1 Å². The first kappa shape index (κ1) is 31.5. The minimum Gasteiger partial charge on any atom is -0.497 e. The number of carbonyl (C=O) groups is 2. The first-order chi connectivity index (χ1) is 21.6. The number of ketones is 1. The van der Waals surface area contributed by atoms with Crippen LogP contribution in [0.25, 0.3) is 0 Å². The van der Waals surface area contributed by atoms with Crippen molar-refractivity contribution in [3.05, 3.63) is 29.8 Å². The zero-order valence-electron chi connectivity index (χ0n) is 27.6. The number of hydrogen-bond acceptors (Lipinski definition) is 10. The Hall–Kier alpha value is -2.08. The molecule has 0 amide bonds. The Morgan fingerprint density at radius 2 is 1.69 bits per heavy atom. The SMILES string of the molecule is CCN1C[C@]2(COC)CCC(OC)[C@@]34C5C[C@]6(O)C(OC)C[C@@](OC(C)=O)(C5C6C(=O)c5ccc(OC)cc5)C(C(OC)C23)C14. The third kappa shape index (κ3) is 3.72. The second-order valence-corrected chi connectivity index (χ2v) is 14.6. The van der Waals surface area contributed by atoms with E-state index in [1.54, 1.807) is 59.8 Å². The van der Waals surface area contributed by atoms with Crippen molar-refractivity contribution < 1.29 is 43.1 Å². The summed E-state index contributed by atoms with van der Waals surface area (Å²) in [6.07, 6.45) is 1.28. The number of esters is 1. The number of methoxy groups -OCH3 is 5. The Balaban J connectivity index is 1.52. The summed E-state index contributed by atoms with van der Waals surface area (Å²) in [6.45, 7) is 5.86. The van der Waals surface area contributed by atoms with Crippen LogP contribution in [0.4, 0.5) is 0 Å². The zero-order chi connectivity index (χ0) is 32.1. The number of rotatable bonds is 10. The lowest BCUT2D eigenvalue weighted by Gasteiger charge is -2.69. The predicted octanol–water partition coefficient (Wildman–Crippen LogP) is 2.99. The number of likely N-dealkylation sites (tertiary alicyclic amines) is 1. The van der Waals surface area contributed by atoms with Gasteiger partial charge in [-0.1, -0.05) is 6.92 Å². The van der Waals surface area contributed by atoms with Crippen LogP contribution in [0.5, 0.6) is 5.75 Å². The monoisotopic (exact) mass is 627 g/mol. The van der Waals surface area contributed by atoms with E-state index in [0.29, 0.717) is 30.8 Å². The van der Waals surface area contributed by atoms with Gasteiger partial charge in [0.2, 0.25) is 0 Å². The molecule has 9 unspecified atom stereocenters. The molecule has 1 saturated heterocycles. The van der Waals surface area contributed by atoms with Crippen LogP contribution in [0.3, 0.4) is 0 Å². The first-order valence-electron chi connectivity index (χ1n) is 16.5. The molecule has 7 rings (SSSR count). The van der Waals surface area contributed by atoms with Crippen LogP contribution in [-0.4, -0.2) is 113 Å². The van der Waals surface area contributed by atoms with Gasteiger partial charge in [-0.25, -0.2) is 0 Å². The smallest absolute Gasteiger partial charge is 0.303 e. The first-order valence-corrected chi connectivity index (χ1v) is 16.5. The van der Waals surface area contributed by atoms with Gasteiger partial charge in [-0.3, -0.25) is 14.5 Å². The number of carbonyl (C=O) groups excluding carboxylic acids is 2. The quantitative estimate of drug-likeness (QED) is 0.307. The van der Waals surface area contributed by atoms with E-state index < -0.39 is 40.5 Å². The van der Waals surface area contributed by atoms with Gasteiger partial charge >= 0.3 is 5.97 Å². The van der Waals surface area contributed by atoms with Gasteiger partial charge in [-0.15, -0.1) is 0 Å². The molecule has 1 spiro atoms. The van der Waals surface area contributed by atoms with Crippen LogP contribution >= 0.6 is 0 Å². The largest absolute Gasteiger partial charge is 0.497 e. The number of piperidine rings is 1. The number of ether oxygens (including phenoxy) is 6. The van der Waals surface area contributed by atoms with Gasteiger partial charge in [0.25, 0.3) is 0 Å². The molecule has 6 fully saturated rings. The van der Waals surface area contributed by atoms with Crippen molar-refractivity contribution >= 4 is 11.8 Å². The van der Waals surface area contributed by atoms with E-state index in [9.17, 15) is 14.7 Å². The van der Waals surface area contributed by atoms with Gasteiger partial charge in [0, 0.05) is 88.5 Å². The summed E-state index contributed by atoms with van der Waals surface area (Å²) in [6, 6.07) is 7.02. The highest BCUT2D eigenvalue weighted by Crippen LogP contribution is 2.81. The molecule has 0 aromatic heterocycles. The number of fused-ring (bicyclic) bond motifs is 2. The number of Topliss-reactive ketones (excluding diaryl/α,β-unsaturated/α-hetero) is 1. The Morgan fingerprint density at radius 1 is 0.978 bits per heavy atom. The average Bonchev–Trinajstić information content (AvgIpc) is 3.43. The van der Waals surface area contributed by atoms with E-state index in [0.717, 1.165) is 25.9 Å². The van der Waals surface area contributed by atoms with E-state index in [4.69, 9.17) is 28.4 Å². The van der Waals surface area contributed by atoms with Crippen LogP contribution in [0.2, 0.25) is 0 Å². The maximum atomic E-state index is 14.8. The minimum absolute atomic E-state index is 0.0227. The van der Waals surface area contributed by atoms with Gasteiger partial charge in [-0.05, 0) is 56.0 Å². The Kier molecular flexibility index (Phi) is 7.51. The molecule has 5 saturated carbocycles. The van der Waals surface area contributed by atoms with Gasteiger partial charge in [-0.2, -0.15) is 0 Å². The van der Waals surface area contributed by atoms with Gasteiger partial charge in [0.1, 0.15) is 17.0 Å². The zero-order valence-corrected chi connectivity index (χ0v) is 27.6. The van der Waals surface area contributed by atoms with E-state index in [2.05, 4.69) is 11.8 Å². The maximum Gasteiger partial charge on any atom is 0.303 e. The standard InChI is InChI=1S/C35H49NO9/c1-8-36-17-32(18-40-3)14-13-23(42-5)35-22-15-33(39)24(43-6)16-34(45-19(2)37,27(31(35)36)29(44-7)30(32)35)25(22)26(33)28(38)20-9-11-21(41-4)12-10-20/h9-12,22-27,29-31,39H,8,13-18H2,1-7H3/t22?,23?,24?,25?,26?,27?,29?,30?,31?,32-,33-,34+,35-/m0/s1. The van der Waals surface area contributed by atoms with Crippen LogP contribution in [0.1, 0.15) is 49.9 Å². The molecule has 1 heterocycles. The predicted molar refractivity (Wildman–Crippen MR) is 163 cm³/mol. The highest BCUT2D eigenvalue weighted by atomic mass is 16.6. The van der Waals surface area contributed by atoms with E-state index in [1.165, 1.54) is 6.92 Å². The Morgan fingerprint density at radius 3 is 2.27 bits per heavy atom. The normalized spacial score (nSPS) is 47.4. The fourth-order valence-electron chi connectivity index (χ4n) is 12.7. The topological polar surface area (TPSA) is 113 Å². The van der Waals surface area contributed by atoms with E-state index in [-0.39, 0.29) is 47.2 Å². The highest BCUT2D eigenvalue weighted by molar-refractivity contribution is 5.99. The highest BCUT2D eigenvalue weighted by Gasteiger charge is 2.89. The fraction of sp³-hybridized carbons (Fsp3) is 0.771. The van der Waals surface area contributed by atoms with Crippen LogP contribution in [-0.2, 0) is 28.5 Å². The third-order valence-corrected chi connectivity index (χ3v) is 13.5. The summed E-state index contributed by atoms with van der Waals surface area (Å²) in [5.41, 5.74) is -2.76. The minimum atomic E-state index is -1.46. The van der Waals surface area contributed by atoms with Crippen molar-refractivity contribution in [2.75, 3.05) is 55.2 Å². The van der Waals surface area contributed by atoms with Crippen molar-refractivity contribution in [3.8, 4) is 5.75 Å². The van der Waals surface area contributed by atoms with Gasteiger partial charge in [0.15, 0.2) is 5.78 Å². The number of nitrogens with zero attached hydrogens (tertiary/aromatic N) is 1. The summed E-state index contributed by atoms with van der Waals surface area (Å²) in [5.74, 6) is -1.66. The van der Waals surface area contributed by atoms with Crippen LogP contribution in [0, 0.1) is 40.4 Å². The van der Waals surface area contributed by atoms with Crippen LogP contribution < -0.4 is 4.74 Å². The second kappa shape index (κ2) is 10.7. The van der Waals surface area contributed by atoms with Crippen molar-refractivity contribution in [3.63, 3.8) is 0 Å². The summed E-state index contributed by atoms with van der Waals surface area (Å²) < 4.78 is 37.3. The Labute approximate surface area is 266 Å². The average molecular weight is 628 g/mol. The molecule has 1 aliphatic heterocycles. The Bertz CT molecular complexity index is 1340. The van der Waals surface area contributed by atoms with E-state index in [1.807, 2.05) is 0 Å². The second-order valence-electron chi connectivity index (χ2n) is 14.6. The lowest BCUT2D eigenvalue weighted by Crippen LogP contribution is -2.77. The summed E-state index contributed by atoms with van der Waals surface area (Å²) in [7, 11) is 8.52. The summed E-state index contributed by atoms with van der Waals surface area (Å²) in [4.78, 5) is 30.7. The molecular weight excluding hydrogens is 578 g/mol. The molecule has 10 nitrogen and oxygen atoms in total. The van der Waals surface area contributed by atoms with Gasteiger partial charge < -0.3 is 33.5 Å². The molecule has 1 aromatic rings. The van der Waals surface area contributed by atoms with Crippen molar-refractivity contribution in [1.82, 2.24) is 4.90 Å². The lowest BCUT2D eigenvalue weighted by molar-refractivity contribution is -0.277. The molecule has 5 aliphatic carbocycles. The summed E-state index contributed by atoms with van der Waals surface area (Å²) in [5, 5.41) is 12.9. The molecule has 1 N–H and O–H groups in total. The third-order valence-electron chi connectivity index (χ3n) is 13.5. The number of hydrogen-bond donors (Lipinski definition) is 1. The number of aliphatic hydroxyl groups is 1. The molecular formula is C35H49NO9. The molecule has 0 radical (unpaired) electrons. The maximum absolute atomic E-state index is 14.8. The van der Waals surface area contributed by atoms with Gasteiger partial charge in [0.05, 0.1) is 37.9 Å². The van der Waals surface area contributed by atoms with Crippen molar-refractivity contribution in [2.24, 2.45) is 40.4 Å². The molecule has 7 bridgehead atoms. The molecule has 45 heavy (non-hydrogen) atoms. The van der Waals surface area contributed by atoms with Crippen molar-refractivity contribution in [1.29, 1.82) is 0 Å². The van der Waals surface area contributed by atoms with E-state index >= 15 is 0 Å². The van der Waals surface area contributed by atoms with Crippen LogP contribution in [0.15, 0.2) is 24.3 Å². The summed E-state index contributed by atoms with van der Waals surface area (Å²) >= 11 is 0. The lowest BCUT2D eigenvalue weighted by atomic mass is 9.42. The molecule has 10 heteroatoms. The molecule has 1 aromatic carbocycles. The molecule has 6 aliphatic rings. The number of benzene rings is 1.